The van der Waals surface area contributed by atoms with Crippen molar-refractivity contribution in [3.05, 3.63) is 71.9 Å². The van der Waals surface area contributed by atoms with Crippen LogP contribution in [0.5, 0.6) is 0 Å². The highest BCUT2D eigenvalue weighted by Gasteiger charge is 2.17. The van der Waals surface area contributed by atoms with Crippen LogP contribution in [0.1, 0.15) is 26.5 Å². The summed E-state index contributed by atoms with van der Waals surface area (Å²) in [6.45, 7) is 9.65. The Balaban J connectivity index is 0.00000109. The molecule has 1 aromatic carbocycles. The fourth-order valence-corrected chi connectivity index (χ4v) is 2.68. The average Bonchev–Trinajstić information content (AvgIpc) is 3.10. The second kappa shape index (κ2) is 8.94. The van der Waals surface area contributed by atoms with Crippen LogP contribution in [-0.4, -0.2) is 20.4 Å². The molecule has 25 heavy (non-hydrogen) atoms. The average molecular weight is 353 g/mol. The van der Waals surface area contributed by atoms with Crippen LogP contribution in [0.2, 0.25) is 5.02 Å². The minimum atomic E-state index is 0.496. The van der Waals surface area contributed by atoms with E-state index in [4.69, 9.17) is 11.6 Å². The van der Waals surface area contributed by atoms with Gasteiger partial charge in [-0.25, -0.2) is 0 Å². The minimum absolute atomic E-state index is 0.496. The number of H-pyrrole nitrogens is 1. The number of hydrogen-bond donors (Lipinski definition) is 1. The van der Waals surface area contributed by atoms with Gasteiger partial charge in [-0.15, -0.1) is 10.2 Å². The number of nitrogens with one attached hydrogen (secondary N) is 1. The van der Waals surface area contributed by atoms with Gasteiger partial charge in [0.1, 0.15) is 5.69 Å². The van der Waals surface area contributed by atoms with Gasteiger partial charge in [0.2, 0.25) is 5.65 Å². The monoisotopic (exact) mass is 352 g/mol. The maximum atomic E-state index is 6.62. The van der Waals surface area contributed by atoms with Crippen LogP contribution < -0.4 is 0 Å². The SMILES string of the molecule is C=C/C=C\C(=C/C)c1[nH]nc2nnc(-c3ccccc3)c(Cl)c12.CC. The molecule has 0 spiro atoms. The maximum Gasteiger partial charge on any atom is 0.204 e. The van der Waals surface area contributed by atoms with E-state index in [1.807, 2.05) is 69.3 Å². The molecule has 2 aromatic heterocycles. The van der Waals surface area contributed by atoms with Crippen molar-refractivity contribution in [3.63, 3.8) is 0 Å². The lowest BCUT2D eigenvalue weighted by molar-refractivity contribution is 1.02. The summed E-state index contributed by atoms with van der Waals surface area (Å²) in [6, 6.07) is 9.74. The van der Waals surface area contributed by atoms with E-state index in [1.165, 1.54) is 0 Å². The van der Waals surface area contributed by atoms with E-state index in [0.717, 1.165) is 22.2 Å². The van der Waals surface area contributed by atoms with Gasteiger partial charge >= 0.3 is 0 Å². The van der Waals surface area contributed by atoms with E-state index >= 15 is 0 Å². The molecule has 2 heterocycles. The highest BCUT2D eigenvalue weighted by atomic mass is 35.5. The standard InChI is InChI=1S/C18H15ClN4.C2H6/c1-3-5-9-12(4-2)16-14-15(19)17(13-10-7-6-8-11-13)21-23-18(14)22-20-16;1-2/h3-11H,1H2,2H3,(H,20,22,23);1-2H3/b9-5-,12-4+;. The van der Waals surface area contributed by atoms with Gasteiger partial charge in [-0.05, 0) is 12.5 Å². The molecule has 0 aliphatic heterocycles. The summed E-state index contributed by atoms with van der Waals surface area (Å²) in [6.07, 6.45) is 7.51. The van der Waals surface area contributed by atoms with E-state index in [2.05, 4.69) is 27.0 Å². The van der Waals surface area contributed by atoms with Gasteiger partial charge in [0.15, 0.2) is 0 Å². The van der Waals surface area contributed by atoms with Crippen molar-refractivity contribution in [2.24, 2.45) is 0 Å². The molecule has 128 valence electrons. The quantitative estimate of drug-likeness (QED) is 0.599. The van der Waals surface area contributed by atoms with Gasteiger partial charge in [0.05, 0.1) is 16.1 Å². The second-order valence-corrected chi connectivity index (χ2v) is 5.24. The Labute approximate surface area is 152 Å². The van der Waals surface area contributed by atoms with Crippen LogP contribution in [0.3, 0.4) is 0 Å². The molecule has 0 saturated heterocycles. The summed E-state index contributed by atoms with van der Waals surface area (Å²) in [7, 11) is 0. The third-order valence-electron chi connectivity index (χ3n) is 3.48. The molecule has 3 rings (SSSR count). The summed E-state index contributed by atoms with van der Waals surface area (Å²) >= 11 is 6.62. The first-order chi connectivity index (χ1) is 12.3. The normalized spacial score (nSPS) is 11.4. The predicted molar refractivity (Wildman–Crippen MR) is 106 cm³/mol. The van der Waals surface area contributed by atoms with Crippen LogP contribution >= 0.6 is 11.6 Å². The van der Waals surface area contributed by atoms with Crippen molar-refractivity contribution in [1.82, 2.24) is 20.4 Å². The van der Waals surface area contributed by atoms with Crippen LogP contribution in [0.25, 0.3) is 27.9 Å². The van der Waals surface area contributed by atoms with Crippen LogP contribution in [0.15, 0.2) is 61.2 Å². The highest BCUT2D eigenvalue weighted by Crippen LogP contribution is 2.34. The Bertz CT molecular complexity index is 908. The van der Waals surface area contributed by atoms with Gasteiger partial charge < -0.3 is 0 Å². The van der Waals surface area contributed by atoms with Crippen LogP contribution in [0, 0.1) is 0 Å². The minimum Gasteiger partial charge on any atom is -0.275 e. The van der Waals surface area contributed by atoms with Crippen LogP contribution in [-0.2, 0) is 0 Å². The number of halogens is 1. The lowest BCUT2D eigenvalue weighted by Crippen LogP contribution is -1.91. The fourth-order valence-electron chi connectivity index (χ4n) is 2.36. The van der Waals surface area contributed by atoms with Gasteiger partial charge in [-0.1, -0.05) is 86.7 Å². The molecule has 0 amide bonds. The second-order valence-electron chi connectivity index (χ2n) is 4.86. The van der Waals surface area contributed by atoms with Crippen molar-refractivity contribution < 1.29 is 0 Å². The summed E-state index contributed by atoms with van der Waals surface area (Å²) in [5.41, 5.74) is 3.84. The molecule has 1 N–H and O–H groups in total. The van der Waals surface area contributed by atoms with Crippen molar-refractivity contribution in [3.8, 4) is 11.3 Å². The molecule has 0 atom stereocenters. The van der Waals surface area contributed by atoms with E-state index < -0.39 is 0 Å². The number of aromatic nitrogens is 4. The summed E-state index contributed by atoms with van der Waals surface area (Å²) < 4.78 is 0. The van der Waals surface area contributed by atoms with Gasteiger partial charge in [-0.2, -0.15) is 5.10 Å². The van der Waals surface area contributed by atoms with Crippen molar-refractivity contribution >= 4 is 28.2 Å². The molecule has 0 bridgehead atoms. The number of hydrogen-bond acceptors (Lipinski definition) is 3. The number of allylic oxidation sites excluding steroid dienone is 5. The number of benzene rings is 1. The van der Waals surface area contributed by atoms with Crippen LogP contribution in [0.4, 0.5) is 0 Å². The molecule has 0 unspecified atom stereocenters. The zero-order valence-electron chi connectivity index (χ0n) is 14.6. The molecule has 5 heteroatoms. The first kappa shape index (κ1) is 18.6. The van der Waals surface area contributed by atoms with E-state index in [0.29, 0.717) is 16.4 Å². The third-order valence-corrected chi connectivity index (χ3v) is 3.85. The van der Waals surface area contributed by atoms with E-state index in [-0.39, 0.29) is 0 Å². The molecular weight excluding hydrogens is 332 g/mol. The van der Waals surface area contributed by atoms with Crippen molar-refractivity contribution in [2.75, 3.05) is 0 Å². The molecule has 0 aliphatic rings. The van der Waals surface area contributed by atoms with Crippen molar-refractivity contribution in [2.45, 2.75) is 20.8 Å². The lowest BCUT2D eigenvalue weighted by atomic mass is 10.1. The van der Waals surface area contributed by atoms with E-state index in [1.54, 1.807) is 6.08 Å². The Hall–Kier alpha value is -2.72. The molecule has 0 saturated carbocycles. The molecule has 0 radical (unpaired) electrons. The Morgan fingerprint density at radius 2 is 1.88 bits per heavy atom. The fraction of sp³-hybridized carbons (Fsp3) is 0.150. The zero-order chi connectivity index (χ0) is 18.2. The van der Waals surface area contributed by atoms with Gasteiger partial charge in [0, 0.05) is 5.56 Å². The Kier molecular flexibility index (Phi) is 6.66. The zero-order valence-corrected chi connectivity index (χ0v) is 15.4. The molecular formula is C20H21ClN4. The van der Waals surface area contributed by atoms with Gasteiger partial charge in [-0.3, -0.25) is 5.10 Å². The summed E-state index contributed by atoms with van der Waals surface area (Å²) in [5, 5.41) is 16.9. The first-order valence-corrected chi connectivity index (χ1v) is 8.55. The third kappa shape index (κ3) is 3.86. The van der Waals surface area contributed by atoms with Gasteiger partial charge in [0.25, 0.3) is 0 Å². The topological polar surface area (TPSA) is 54.5 Å². The predicted octanol–water partition coefficient (Wildman–Crippen LogP) is 5.85. The molecule has 3 aromatic rings. The maximum absolute atomic E-state index is 6.62. The summed E-state index contributed by atoms with van der Waals surface area (Å²) in [5.74, 6) is 0. The lowest BCUT2D eigenvalue weighted by Gasteiger charge is -2.05. The highest BCUT2D eigenvalue weighted by molar-refractivity contribution is 6.38. The number of nitrogens with zero attached hydrogens (tertiary/aromatic N) is 3. The molecule has 0 aliphatic carbocycles. The summed E-state index contributed by atoms with van der Waals surface area (Å²) in [4.78, 5) is 0. The number of aromatic amines is 1. The largest absolute Gasteiger partial charge is 0.275 e. The Morgan fingerprint density at radius 3 is 2.52 bits per heavy atom. The number of fused-ring (bicyclic) bond motifs is 1. The first-order valence-electron chi connectivity index (χ1n) is 8.17. The Morgan fingerprint density at radius 1 is 1.16 bits per heavy atom. The number of rotatable bonds is 4. The smallest absolute Gasteiger partial charge is 0.204 e. The molecule has 4 nitrogen and oxygen atoms in total. The van der Waals surface area contributed by atoms with E-state index in [9.17, 15) is 0 Å². The molecule has 0 fully saturated rings. The van der Waals surface area contributed by atoms with Crippen molar-refractivity contribution in [1.29, 1.82) is 0 Å².